The van der Waals surface area contributed by atoms with E-state index in [1.165, 1.54) is 0 Å². The first-order chi connectivity index (χ1) is 6.45. The standard InChI is InChI=1S/C10H23N3O/c1-8(2)13(9(3)4)6-5-12-7-10(11)14/h8-9,12H,5-7H2,1-4H3,(H2,11,14). The van der Waals surface area contributed by atoms with Crippen LogP contribution in [0.2, 0.25) is 0 Å². The van der Waals surface area contributed by atoms with Crippen LogP contribution in [0.25, 0.3) is 0 Å². The van der Waals surface area contributed by atoms with Crippen LogP contribution in [-0.2, 0) is 4.79 Å². The number of carbonyl (C=O) groups excluding carboxylic acids is 1. The Morgan fingerprint density at radius 2 is 1.79 bits per heavy atom. The third-order valence-electron chi connectivity index (χ3n) is 2.17. The van der Waals surface area contributed by atoms with Gasteiger partial charge in [0.05, 0.1) is 6.54 Å². The predicted molar refractivity (Wildman–Crippen MR) is 59.0 cm³/mol. The number of hydrogen-bond acceptors (Lipinski definition) is 3. The smallest absolute Gasteiger partial charge is 0.231 e. The second-order valence-corrected chi connectivity index (χ2v) is 4.07. The molecule has 0 rings (SSSR count). The second kappa shape index (κ2) is 6.79. The molecule has 0 unspecified atom stereocenters. The van der Waals surface area contributed by atoms with E-state index in [1.807, 2.05) is 0 Å². The first kappa shape index (κ1) is 13.4. The highest BCUT2D eigenvalue weighted by Gasteiger charge is 2.11. The van der Waals surface area contributed by atoms with Crippen LogP contribution in [0.5, 0.6) is 0 Å². The van der Waals surface area contributed by atoms with Gasteiger partial charge in [0.1, 0.15) is 0 Å². The molecule has 0 atom stereocenters. The van der Waals surface area contributed by atoms with Crippen LogP contribution in [-0.4, -0.2) is 42.5 Å². The molecule has 0 radical (unpaired) electrons. The minimum Gasteiger partial charge on any atom is -0.369 e. The molecule has 0 fully saturated rings. The Hall–Kier alpha value is -0.610. The van der Waals surface area contributed by atoms with Gasteiger partial charge in [-0.15, -0.1) is 0 Å². The number of nitrogens with zero attached hydrogens (tertiary/aromatic N) is 1. The van der Waals surface area contributed by atoms with E-state index < -0.39 is 0 Å². The van der Waals surface area contributed by atoms with E-state index in [4.69, 9.17) is 5.73 Å². The molecule has 0 aliphatic heterocycles. The van der Waals surface area contributed by atoms with Gasteiger partial charge in [-0.2, -0.15) is 0 Å². The first-order valence-corrected chi connectivity index (χ1v) is 5.20. The van der Waals surface area contributed by atoms with Gasteiger partial charge in [0, 0.05) is 25.2 Å². The number of primary amides is 1. The van der Waals surface area contributed by atoms with Crippen molar-refractivity contribution < 1.29 is 4.79 Å². The fourth-order valence-corrected chi connectivity index (χ4v) is 1.53. The van der Waals surface area contributed by atoms with Gasteiger partial charge in [0.15, 0.2) is 0 Å². The molecule has 14 heavy (non-hydrogen) atoms. The molecule has 84 valence electrons. The Morgan fingerprint density at radius 1 is 1.29 bits per heavy atom. The summed E-state index contributed by atoms with van der Waals surface area (Å²) >= 11 is 0. The minimum absolute atomic E-state index is 0.268. The molecule has 0 aromatic heterocycles. The lowest BCUT2D eigenvalue weighted by Crippen LogP contribution is -2.42. The number of amides is 1. The van der Waals surface area contributed by atoms with Crippen molar-refractivity contribution in [1.29, 1.82) is 0 Å². The molecule has 0 aliphatic rings. The van der Waals surface area contributed by atoms with Gasteiger partial charge in [0.2, 0.25) is 5.91 Å². The summed E-state index contributed by atoms with van der Waals surface area (Å²) < 4.78 is 0. The lowest BCUT2D eigenvalue weighted by molar-refractivity contribution is -0.117. The largest absolute Gasteiger partial charge is 0.369 e. The van der Waals surface area contributed by atoms with Crippen LogP contribution >= 0.6 is 0 Å². The van der Waals surface area contributed by atoms with Gasteiger partial charge in [-0.1, -0.05) is 0 Å². The van der Waals surface area contributed by atoms with Crippen molar-refractivity contribution >= 4 is 5.91 Å². The maximum Gasteiger partial charge on any atom is 0.231 e. The quantitative estimate of drug-likeness (QED) is 0.578. The van der Waals surface area contributed by atoms with E-state index >= 15 is 0 Å². The molecule has 0 aliphatic carbocycles. The molecule has 3 N–H and O–H groups in total. The van der Waals surface area contributed by atoms with Crippen molar-refractivity contribution in [2.75, 3.05) is 19.6 Å². The molecule has 0 aromatic rings. The van der Waals surface area contributed by atoms with Crippen molar-refractivity contribution in [1.82, 2.24) is 10.2 Å². The number of rotatable bonds is 7. The topological polar surface area (TPSA) is 58.4 Å². The third-order valence-corrected chi connectivity index (χ3v) is 2.17. The van der Waals surface area contributed by atoms with Crippen LogP contribution in [0, 0.1) is 0 Å². The Bertz CT molecular complexity index is 161. The summed E-state index contributed by atoms with van der Waals surface area (Å²) in [6, 6.07) is 1.07. The second-order valence-electron chi connectivity index (χ2n) is 4.07. The highest BCUT2D eigenvalue weighted by molar-refractivity contribution is 5.75. The van der Waals surface area contributed by atoms with Gasteiger partial charge in [0.25, 0.3) is 0 Å². The summed E-state index contributed by atoms with van der Waals surface area (Å²) in [6.07, 6.45) is 0. The average Bonchev–Trinajstić information content (AvgIpc) is 2.01. The van der Waals surface area contributed by atoms with Gasteiger partial charge in [-0.25, -0.2) is 0 Å². The van der Waals surface area contributed by atoms with E-state index in [-0.39, 0.29) is 12.5 Å². The fraction of sp³-hybridized carbons (Fsp3) is 0.900. The van der Waals surface area contributed by atoms with Crippen molar-refractivity contribution in [2.45, 2.75) is 39.8 Å². The van der Waals surface area contributed by atoms with Gasteiger partial charge >= 0.3 is 0 Å². The van der Waals surface area contributed by atoms with Gasteiger partial charge in [-0.05, 0) is 27.7 Å². The first-order valence-electron chi connectivity index (χ1n) is 5.20. The Morgan fingerprint density at radius 3 is 2.14 bits per heavy atom. The predicted octanol–water partition coefficient (Wildman–Crippen LogP) is 0.180. The highest BCUT2D eigenvalue weighted by atomic mass is 16.1. The average molecular weight is 201 g/mol. The molecule has 0 spiro atoms. The number of hydrogen-bond donors (Lipinski definition) is 2. The number of nitrogens with two attached hydrogens (primary N) is 1. The summed E-state index contributed by atoms with van der Waals surface area (Å²) in [7, 11) is 0. The summed E-state index contributed by atoms with van der Waals surface area (Å²) in [4.78, 5) is 12.8. The number of nitrogens with one attached hydrogen (secondary N) is 1. The fourth-order valence-electron chi connectivity index (χ4n) is 1.53. The van der Waals surface area contributed by atoms with E-state index in [0.29, 0.717) is 12.1 Å². The molecular weight excluding hydrogens is 178 g/mol. The minimum atomic E-state index is -0.300. The van der Waals surface area contributed by atoms with E-state index in [9.17, 15) is 4.79 Å². The number of carbonyl (C=O) groups is 1. The summed E-state index contributed by atoms with van der Waals surface area (Å²) in [6.45, 7) is 10.7. The summed E-state index contributed by atoms with van der Waals surface area (Å²) in [5.74, 6) is -0.300. The van der Waals surface area contributed by atoms with Crippen molar-refractivity contribution in [2.24, 2.45) is 5.73 Å². The van der Waals surface area contributed by atoms with Crippen LogP contribution in [0.15, 0.2) is 0 Å². The van der Waals surface area contributed by atoms with Crippen molar-refractivity contribution in [3.05, 3.63) is 0 Å². The SMILES string of the molecule is CC(C)N(CCNCC(N)=O)C(C)C. The van der Waals surface area contributed by atoms with Gasteiger partial charge < -0.3 is 11.1 Å². The maximum atomic E-state index is 10.5. The molecule has 0 saturated heterocycles. The molecule has 4 heteroatoms. The normalized spacial score (nSPS) is 11.6. The Labute approximate surface area is 86.8 Å². The van der Waals surface area contributed by atoms with Gasteiger partial charge in [-0.3, -0.25) is 9.69 Å². The molecule has 0 saturated carbocycles. The zero-order chi connectivity index (χ0) is 11.1. The highest BCUT2D eigenvalue weighted by Crippen LogP contribution is 2.02. The third kappa shape index (κ3) is 5.94. The zero-order valence-corrected chi connectivity index (χ0v) is 9.71. The van der Waals surface area contributed by atoms with Crippen LogP contribution < -0.4 is 11.1 Å². The van der Waals surface area contributed by atoms with Crippen LogP contribution in [0.4, 0.5) is 0 Å². The Balaban J connectivity index is 3.67. The van der Waals surface area contributed by atoms with E-state index in [1.54, 1.807) is 0 Å². The lowest BCUT2D eigenvalue weighted by atomic mass is 10.2. The van der Waals surface area contributed by atoms with Crippen LogP contribution in [0.1, 0.15) is 27.7 Å². The molecule has 4 nitrogen and oxygen atoms in total. The maximum absolute atomic E-state index is 10.5. The van der Waals surface area contributed by atoms with Crippen molar-refractivity contribution in [3.8, 4) is 0 Å². The monoisotopic (exact) mass is 201 g/mol. The molecule has 0 bridgehead atoms. The van der Waals surface area contributed by atoms with E-state index in [0.717, 1.165) is 13.1 Å². The summed E-state index contributed by atoms with van der Waals surface area (Å²) in [5.41, 5.74) is 5.01. The Kier molecular flexibility index (Phi) is 6.49. The van der Waals surface area contributed by atoms with E-state index in [2.05, 4.69) is 37.9 Å². The molecule has 0 aromatic carbocycles. The molecule has 1 amide bonds. The summed E-state index contributed by atoms with van der Waals surface area (Å²) in [5, 5.41) is 3.01. The van der Waals surface area contributed by atoms with Crippen LogP contribution in [0.3, 0.4) is 0 Å². The molecular formula is C10H23N3O. The zero-order valence-electron chi connectivity index (χ0n) is 9.71. The molecule has 0 heterocycles. The lowest BCUT2D eigenvalue weighted by Gasteiger charge is -2.30. The van der Waals surface area contributed by atoms with Crippen molar-refractivity contribution in [3.63, 3.8) is 0 Å².